The Balaban J connectivity index is 1.92. The van der Waals surface area contributed by atoms with Crippen LogP contribution < -0.4 is 20.8 Å². The molecule has 2 aliphatic rings. The summed E-state index contributed by atoms with van der Waals surface area (Å²) >= 11 is 0. The van der Waals surface area contributed by atoms with E-state index in [1.165, 1.54) is 23.2 Å². The van der Waals surface area contributed by atoms with E-state index in [9.17, 15) is 14.7 Å². The summed E-state index contributed by atoms with van der Waals surface area (Å²) in [6, 6.07) is 2.60. The lowest BCUT2D eigenvalue weighted by Crippen LogP contribution is -2.28. The first-order valence-corrected chi connectivity index (χ1v) is 8.73. The van der Waals surface area contributed by atoms with Gasteiger partial charge in [-0.2, -0.15) is 0 Å². The van der Waals surface area contributed by atoms with Crippen LogP contribution in [0.25, 0.3) is 16.6 Å². The minimum Gasteiger partial charge on any atom is -0.477 e. The minimum atomic E-state index is -1.39. The lowest BCUT2D eigenvalue weighted by atomic mass is 10.1. The number of pyridine rings is 2. The summed E-state index contributed by atoms with van der Waals surface area (Å²) in [7, 11) is 0. The molecule has 0 saturated carbocycles. The summed E-state index contributed by atoms with van der Waals surface area (Å²) in [5.41, 5.74) is 5.77. The smallest absolute Gasteiger partial charge is 0.341 e. The molecule has 3 N–H and O–H groups in total. The van der Waals surface area contributed by atoms with Crippen molar-refractivity contribution < 1.29 is 19.0 Å². The Kier molecular flexibility index (Phi) is 3.44. The van der Waals surface area contributed by atoms with Gasteiger partial charge in [-0.25, -0.2) is 9.18 Å². The van der Waals surface area contributed by atoms with Crippen molar-refractivity contribution in [2.75, 3.05) is 18.0 Å². The zero-order valence-corrected chi connectivity index (χ0v) is 14.6. The third-order valence-corrected chi connectivity index (χ3v) is 5.18. The van der Waals surface area contributed by atoms with Gasteiger partial charge in [0.1, 0.15) is 22.5 Å². The van der Waals surface area contributed by atoms with Gasteiger partial charge in [0, 0.05) is 37.6 Å². The van der Waals surface area contributed by atoms with Crippen LogP contribution in [0.1, 0.15) is 16.8 Å². The minimum absolute atomic E-state index is 0.0610. The highest BCUT2D eigenvalue weighted by molar-refractivity contribution is 5.99. The molecule has 2 aliphatic heterocycles. The molecule has 4 heterocycles. The summed E-state index contributed by atoms with van der Waals surface area (Å²) in [6.07, 6.45) is 4.97. The first-order valence-electron chi connectivity index (χ1n) is 8.73. The second-order valence-electron chi connectivity index (χ2n) is 6.92. The number of nitrogens with two attached hydrogens (primary N) is 1. The Labute approximate surface area is 157 Å². The third-order valence-electron chi connectivity index (χ3n) is 5.18. The number of benzene rings is 1. The van der Waals surface area contributed by atoms with Gasteiger partial charge in [0.25, 0.3) is 0 Å². The third kappa shape index (κ3) is 2.23. The molecule has 1 atom stereocenters. The van der Waals surface area contributed by atoms with Crippen LogP contribution in [0.2, 0.25) is 0 Å². The number of carboxylic acids is 1. The Morgan fingerprint density at radius 1 is 1.43 bits per heavy atom. The van der Waals surface area contributed by atoms with E-state index in [4.69, 9.17) is 10.5 Å². The molecule has 0 spiro atoms. The maximum atomic E-state index is 15.1. The van der Waals surface area contributed by atoms with Crippen molar-refractivity contribution in [2.24, 2.45) is 5.73 Å². The Hall–Kier alpha value is -3.46. The number of aromatic nitrogens is 2. The van der Waals surface area contributed by atoms with Crippen LogP contribution in [-0.4, -0.2) is 39.8 Å². The van der Waals surface area contributed by atoms with E-state index in [0.717, 1.165) is 6.07 Å². The van der Waals surface area contributed by atoms with E-state index in [0.29, 0.717) is 36.5 Å². The molecule has 0 radical (unpaired) electrons. The molecule has 0 aliphatic carbocycles. The van der Waals surface area contributed by atoms with Crippen molar-refractivity contribution in [3.63, 3.8) is 0 Å². The second kappa shape index (κ2) is 5.77. The van der Waals surface area contributed by atoms with E-state index in [-0.39, 0.29) is 22.9 Å². The SMILES string of the molecule is N[C@H]1CCN(c2c(F)cc3c(=O)c(C(=O)O)cn4c3c2Oc2ccncc2-4)C1. The molecule has 8 nitrogen and oxygen atoms in total. The fourth-order valence-corrected chi connectivity index (χ4v) is 3.89. The van der Waals surface area contributed by atoms with Gasteiger partial charge in [-0.1, -0.05) is 0 Å². The first-order chi connectivity index (χ1) is 13.5. The predicted octanol–water partition coefficient (Wildman–Crippen LogP) is 1.87. The van der Waals surface area contributed by atoms with Crippen molar-refractivity contribution in [1.82, 2.24) is 9.55 Å². The lowest BCUT2D eigenvalue weighted by Gasteiger charge is -2.28. The molecule has 0 bridgehead atoms. The summed E-state index contributed by atoms with van der Waals surface area (Å²) in [5.74, 6) is -1.47. The van der Waals surface area contributed by atoms with E-state index < -0.39 is 22.8 Å². The number of hydrogen-bond donors (Lipinski definition) is 2. The highest BCUT2D eigenvalue weighted by Crippen LogP contribution is 2.46. The second-order valence-corrected chi connectivity index (χ2v) is 6.92. The number of fused-ring (bicyclic) bond motifs is 2. The maximum Gasteiger partial charge on any atom is 0.341 e. The molecule has 1 aromatic carbocycles. The number of nitrogens with zero attached hydrogens (tertiary/aromatic N) is 3. The van der Waals surface area contributed by atoms with E-state index in [1.807, 2.05) is 0 Å². The number of anilines is 1. The average Bonchev–Trinajstić information content (AvgIpc) is 3.09. The number of aromatic carboxylic acids is 1. The van der Waals surface area contributed by atoms with Gasteiger partial charge >= 0.3 is 5.97 Å². The Bertz CT molecular complexity index is 1220. The molecule has 142 valence electrons. The van der Waals surface area contributed by atoms with Gasteiger partial charge in [0.15, 0.2) is 17.3 Å². The molecule has 0 amide bonds. The number of rotatable bonds is 2. The molecule has 0 unspecified atom stereocenters. The molecular formula is C19H15FN4O4. The van der Waals surface area contributed by atoms with Crippen molar-refractivity contribution >= 4 is 22.6 Å². The van der Waals surface area contributed by atoms with Crippen molar-refractivity contribution in [3.05, 3.63) is 52.3 Å². The highest BCUT2D eigenvalue weighted by Gasteiger charge is 2.32. The van der Waals surface area contributed by atoms with Gasteiger partial charge in [-0.05, 0) is 12.5 Å². The van der Waals surface area contributed by atoms with E-state index >= 15 is 4.39 Å². The average molecular weight is 382 g/mol. The van der Waals surface area contributed by atoms with Crippen LogP contribution in [0.5, 0.6) is 11.5 Å². The van der Waals surface area contributed by atoms with Crippen LogP contribution in [0.15, 0.2) is 35.5 Å². The molecule has 9 heteroatoms. The molecule has 5 rings (SSSR count). The number of carbonyl (C=O) groups is 1. The van der Waals surface area contributed by atoms with Crippen molar-refractivity contribution in [1.29, 1.82) is 0 Å². The van der Waals surface area contributed by atoms with Gasteiger partial charge in [-0.15, -0.1) is 0 Å². The van der Waals surface area contributed by atoms with E-state index in [1.54, 1.807) is 11.0 Å². The summed E-state index contributed by atoms with van der Waals surface area (Å²) in [4.78, 5) is 30.1. The van der Waals surface area contributed by atoms with Crippen molar-refractivity contribution in [3.8, 4) is 17.2 Å². The fourth-order valence-electron chi connectivity index (χ4n) is 3.89. The number of ether oxygens (including phenoxy) is 1. The summed E-state index contributed by atoms with van der Waals surface area (Å²) < 4.78 is 22.6. The highest BCUT2D eigenvalue weighted by atomic mass is 19.1. The maximum absolute atomic E-state index is 15.1. The number of halogens is 1. The number of carboxylic acid groups (broad SMARTS) is 1. The normalized spacial score (nSPS) is 17.5. The van der Waals surface area contributed by atoms with Gasteiger partial charge < -0.3 is 25.0 Å². The molecular weight excluding hydrogens is 367 g/mol. The number of hydrogen-bond acceptors (Lipinski definition) is 6. The zero-order valence-electron chi connectivity index (χ0n) is 14.6. The topological polar surface area (TPSA) is 111 Å². The lowest BCUT2D eigenvalue weighted by molar-refractivity contribution is 0.0695. The predicted molar refractivity (Wildman–Crippen MR) is 99.1 cm³/mol. The molecule has 2 aromatic heterocycles. The first kappa shape index (κ1) is 16.7. The van der Waals surface area contributed by atoms with Gasteiger partial charge in [0.2, 0.25) is 5.43 Å². The van der Waals surface area contributed by atoms with Crippen molar-refractivity contribution in [2.45, 2.75) is 12.5 Å². The Morgan fingerprint density at radius 2 is 2.25 bits per heavy atom. The molecule has 3 aromatic rings. The molecule has 1 fully saturated rings. The van der Waals surface area contributed by atoms with E-state index in [2.05, 4.69) is 4.98 Å². The monoisotopic (exact) mass is 382 g/mol. The molecule has 28 heavy (non-hydrogen) atoms. The van der Waals surface area contributed by atoms with Gasteiger partial charge in [0.05, 0.1) is 11.6 Å². The molecule has 1 saturated heterocycles. The van der Waals surface area contributed by atoms with Crippen LogP contribution in [0.3, 0.4) is 0 Å². The van der Waals surface area contributed by atoms with Gasteiger partial charge in [-0.3, -0.25) is 9.78 Å². The van der Waals surface area contributed by atoms with Crippen LogP contribution >= 0.6 is 0 Å². The van der Waals surface area contributed by atoms with Crippen LogP contribution in [0.4, 0.5) is 10.1 Å². The Morgan fingerprint density at radius 3 is 2.96 bits per heavy atom. The van der Waals surface area contributed by atoms with Crippen LogP contribution in [0, 0.1) is 5.82 Å². The standard InChI is InChI=1S/C19H15FN4O4/c20-12-5-10-15-18(16(12)23-4-2-9(21)7-23)28-14-1-3-22-6-13(14)24(15)8-11(17(10)25)19(26)27/h1,3,5-6,8-9H,2,4,7,21H2,(H,26,27)/t9-/m0/s1. The fraction of sp³-hybridized carbons (Fsp3) is 0.211. The van der Waals surface area contributed by atoms with Crippen LogP contribution in [-0.2, 0) is 0 Å². The summed E-state index contributed by atoms with van der Waals surface area (Å²) in [6.45, 7) is 1.01. The zero-order chi connectivity index (χ0) is 19.6. The quantitative estimate of drug-likeness (QED) is 0.544. The summed E-state index contributed by atoms with van der Waals surface area (Å²) in [5, 5.41) is 9.37. The largest absolute Gasteiger partial charge is 0.477 e.